The van der Waals surface area contributed by atoms with Gasteiger partial charge in [-0.25, -0.2) is 0 Å². The zero-order valence-electron chi connectivity index (χ0n) is 11.5. The van der Waals surface area contributed by atoms with Gasteiger partial charge in [-0.2, -0.15) is 0 Å². The minimum Gasteiger partial charge on any atom is -0.383 e. The topological polar surface area (TPSA) is 15.7 Å². The molecule has 0 aromatic rings. The van der Waals surface area contributed by atoms with E-state index in [2.05, 4.69) is 16.7 Å². The predicted molar refractivity (Wildman–Crippen MR) is 71.4 cm³/mol. The summed E-state index contributed by atoms with van der Waals surface area (Å²) in [5, 5.41) is 0. The summed E-state index contributed by atoms with van der Waals surface area (Å²) in [6, 6.07) is 1.47. The van der Waals surface area contributed by atoms with Crippen molar-refractivity contribution in [2.75, 3.05) is 39.9 Å². The molecule has 0 aliphatic carbocycles. The summed E-state index contributed by atoms with van der Waals surface area (Å²) in [4.78, 5) is 5.38. The van der Waals surface area contributed by atoms with Crippen molar-refractivity contribution in [1.29, 1.82) is 0 Å². The number of fused-ring (bicyclic) bond motifs is 1. The summed E-state index contributed by atoms with van der Waals surface area (Å²) in [7, 11) is 1.83. The Morgan fingerprint density at radius 1 is 1.24 bits per heavy atom. The predicted octanol–water partition coefficient (Wildman–Crippen LogP) is 1.97. The Morgan fingerprint density at radius 2 is 2.12 bits per heavy atom. The maximum absolute atomic E-state index is 5.39. The maximum atomic E-state index is 5.39. The molecule has 0 spiro atoms. The van der Waals surface area contributed by atoms with Gasteiger partial charge < -0.3 is 4.74 Å². The molecule has 2 aliphatic rings. The first kappa shape index (κ1) is 13.3. The first-order valence-electron chi connectivity index (χ1n) is 7.32. The lowest BCUT2D eigenvalue weighted by Crippen LogP contribution is -2.57. The van der Waals surface area contributed by atoms with Crippen LogP contribution < -0.4 is 0 Å². The zero-order valence-corrected chi connectivity index (χ0v) is 11.5. The van der Waals surface area contributed by atoms with E-state index in [1.807, 2.05) is 7.11 Å². The van der Waals surface area contributed by atoms with Gasteiger partial charge in [0.25, 0.3) is 0 Å². The second-order valence-electron chi connectivity index (χ2n) is 5.58. The van der Waals surface area contributed by atoms with E-state index in [0.717, 1.165) is 12.6 Å². The van der Waals surface area contributed by atoms with Crippen molar-refractivity contribution in [3.63, 3.8) is 0 Å². The van der Waals surface area contributed by atoms with Crippen LogP contribution in [0, 0.1) is 0 Å². The molecule has 3 nitrogen and oxygen atoms in total. The van der Waals surface area contributed by atoms with Gasteiger partial charge in [-0.15, -0.1) is 0 Å². The van der Waals surface area contributed by atoms with Crippen LogP contribution in [0.5, 0.6) is 0 Å². The van der Waals surface area contributed by atoms with E-state index in [1.165, 1.54) is 58.3 Å². The average Bonchev–Trinajstić information content (AvgIpc) is 2.38. The second-order valence-corrected chi connectivity index (χ2v) is 5.58. The molecule has 2 heterocycles. The number of nitrogens with zero attached hydrogens (tertiary/aromatic N) is 2. The third-order valence-electron chi connectivity index (χ3n) is 4.37. The van der Waals surface area contributed by atoms with Gasteiger partial charge in [0.2, 0.25) is 0 Å². The number of hydrogen-bond acceptors (Lipinski definition) is 3. The number of ether oxygens (including phenoxy) is 1. The smallest absolute Gasteiger partial charge is 0.0618 e. The van der Waals surface area contributed by atoms with E-state index >= 15 is 0 Å². The molecule has 2 fully saturated rings. The van der Waals surface area contributed by atoms with Gasteiger partial charge in [0.15, 0.2) is 0 Å². The molecule has 17 heavy (non-hydrogen) atoms. The molecule has 100 valence electrons. The lowest BCUT2D eigenvalue weighted by Gasteiger charge is -2.46. The summed E-state index contributed by atoms with van der Waals surface area (Å²) >= 11 is 0. The van der Waals surface area contributed by atoms with Gasteiger partial charge in [0.1, 0.15) is 0 Å². The van der Waals surface area contributed by atoms with Crippen molar-refractivity contribution >= 4 is 0 Å². The van der Waals surface area contributed by atoms with Crippen molar-refractivity contribution in [2.24, 2.45) is 0 Å². The highest BCUT2D eigenvalue weighted by Gasteiger charge is 2.31. The molecule has 2 rings (SSSR count). The van der Waals surface area contributed by atoms with Crippen molar-refractivity contribution < 1.29 is 4.74 Å². The van der Waals surface area contributed by atoms with E-state index in [0.29, 0.717) is 6.04 Å². The Bertz CT molecular complexity index is 216. The van der Waals surface area contributed by atoms with Gasteiger partial charge in [0.05, 0.1) is 6.61 Å². The molecule has 0 aromatic heterocycles. The minimum atomic E-state index is 0.647. The lowest BCUT2D eigenvalue weighted by atomic mass is 9.98. The molecule has 0 N–H and O–H groups in total. The molecule has 3 heteroatoms. The number of rotatable bonds is 5. The standard InChI is InChI=1S/C14H28N2O/c1-3-6-14(12-17-2)16-10-9-15-8-5-4-7-13(15)11-16/h13-14H,3-12H2,1-2H3. The number of hydrogen-bond donors (Lipinski definition) is 0. The molecule has 2 atom stereocenters. The Hall–Kier alpha value is -0.120. The van der Waals surface area contributed by atoms with Crippen LogP contribution in [0.25, 0.3) is 0 Å². The van der Waals surface area contributed by atoms with Gasteiger partial charge in [-0.3, -0.25) is 9.80 Å². The van der Waals surface area contributed by atoms with Crippen molar-refractivity contribution in [3.8, 4) is 0 Å². The second kappa shape index (κ2) is 6.72. The quantitative estimate of drug-likeness (QED) is 0.731. The third kappa shape index (κ3) is 3.43. The first-order chi connectivity index (χ1) is 8.35. The molecular weight excluding hydrogens is 212 g/mol. The average molecular weight is 240 g/mol. The highest BCUT2D eigenvalue weighted by Crippen LogP contribution is 2.23. The van der Waals surface area contributed by atoms with Crippen LogP contribution >= 0.6 is 0 Å². The fourth-order valence-electron chi connectivity index (χ4n) is 3.41. The molecule has 0 bridgehead atoms. The van der Waals surface area contributed by atoms with Crippen LogP contribution in [0.4, 0.5) is 0 Å². The Balaban J connectivity index is 1.88. The molecule has 2 aliphatic heterocycles. The number of piperazine rings is 1. The summed E-state index contributed by atoms with van der Waals surface area (Å²) < 4.78 is 5.39. The van der Waals surface area contributed by atoms with Crippen LogP contribution in [0.15, 0.2) is 0 Å². The Morgan fingerprint density at radius 3 is 2.88 bits per heavy atom. The summed E-state index contributed by atoms with van der Waals surface area (Å²) in [5.74, 6) is 0. The van der Waals surface area contributed by atoms with Crippen LogP contribution in [0.1, 0.15) is 39.0 Å². The largest absolute Gasteiger partial charge is 0.383 e. The number of methoxy groups -OCH3 is 1. The summed E-state index contributed by atoms with van der Waals surface area (Å²) in [6.45, 7) is 8.30. The minimum absolute atomic E-state index is 0.647. The summed E-state index contributed by atoms with van der Waals surface area (Å²) in [6.07, 6.45) is 6.78. The van der Waals surface area contributed by atoms with Gasteiger partial charge in [-0.05, 0) is 25.8 Å². The van der Waals surface area contributed by atoms with Crippen LogP contribution in [0.3, 0.4) is 0 Å². The SMILES string of the molecule is CCCC(COC)N1CCN2CCCCC2C1. The summed E-state index contributed by atoms with van der Waals surface area (Å²) in [5.41, 5.74) is 0. The van der Waals surface area contributed by atoms with Crippen molar-refractivity contribution in [1.82, 2.24) is 9.80 Å². The van der Waals surface area contributed by atoms with Gasteiger partial charge in [-0.1, -0.05) is 19.8 Å². The highest BCUT2D eigenvalue weighted by molar-refractivity contribution is 4.87. The molecule has 2 saturated heterocycles. The van der Waals surface area contributed by atoms with Crippen LogP contribution in [-0.2, 0) is 4.74 Å². The highest BCUT2D eigenvalue weighted by atomic mass is 16.5. The van der Waals surface area contributed by atoms with Crippen LogP contribution in [0.2, 0.25) is 0 Å². The molecular formula is C14H28N2O. The molecule has 0 aromatic carbocycles. The molecule has 0 saturated carbocycles. The molecule has 0 radical (unpaired) electrons. The van der Waals surface area contributed by atoms with E-state index in [4.69, 9.17) is 4.74 Å². The lowest BCUT2D eigenvalue weighted by molar-refractivity contribution is 0.00283. The fourth-order valence-corrected chi connectivity index (χ4v) is 3.41. The zero-order chi connectivity index (χ0) is 12.1. The van der Waals surface area contributed by atoms with Gasteiger partial charge in [0, 0.05) is 38.8 Å². The Kier molecular flexibility index (Phi) is 5.26. The third-order valence-corrected chi connectivity index (χ3v) is 4.37. The first-order valence-corrected chi connectivity index (χ1v) is 7.32. The van der Waals surface area contributed by atoms with Gasteiger partial charge >= 0.3 is 0 Å². The maximum Gasteiger partial charge on any atom is 0.0618 e. The van der Waals surface area contributed by atoms with Crippen molar-refractivity contribution in [3.05, 3.63) is 0 Å². The van der Waals surface area contributed by atoms with E-state index in [-0.39, 0.29) is 0 Å². The number of piperidine rings is 1. The van der Waals surface area contributed by atoms with E-state index in [1.54, 1.807) is 0 Å². The van der Waals surface area contributed by atoms with Crippen molar-refractivity contribution in [2.45, 2.75) is 51.1 Å². The normalized spacial score (nSPS) is 28.9. The van der Waals surface area contributed by atoms with E-state index in [9.17, 15) is 0 Å². The fraction of sp³-hybridized carbons (Fsp3) is 1.00. The Labute approximate surface area is 106 Å². The molecule has 2 unspecified atom stereocenters. The monoisotopic (exact) mass is 240 g/mol. The van der Waals surface area contributed by atoms with E-state index < -0.39 is 0 Å². The molecule has 0 amide bonds. The van der Waals surface area contributed by atoms with Crippen LogP contribution in [-0.4, -0.2) is 61.8 Å².